The van der Waals surface area contributed by atoms with Gasteiger partial charge in [0.05, 0.1) is 6.10 Å². The van der Waals surface area contributed by atoms with Gasteiger partial charge in [-0.1, -0.05) is 54.6 Å². The van der Waals surface area contributed by atoms with Gasteiger partial charge in [-0.25, -0.2) is 0 Å². The SMILES string of the molecule is CC=C1C(c2ccccc2)=CC=CC1O. The summed E-state index contributed by atoms with van der Waals surface area (Å²) >= 11 is 0. The smallest absolute Gasteiger partial charge is 0.0977 e. The van der Waals surface area contributed by atoms with Crippen LogP contribution in [0.25, 0.3) is 5.57 Å². The lowest BCUT2D eigenvalue weighted by molar-refractivity contribution is 0.263. The third-order valence-electron chi connectivity index (χ3n) is 2.58. The second-order valence-corrected chi connectivity index (χ2v) is 3.52. The van der Waals surface area contributed by atoms with E-state index in [1.54, 1.807) is 6.08 Å². The first-order valence-corrected chi connectivity index (χ1v) is 5.11. The van der Waals surface area contributed by atoms with Crippen LogP contribution in [0.3, 0.4) is 0 Å². The van der Waals surface area contributed by atoms with Crippen molar-refractivity contribution >= 4 is 5.57 Å². The Morgan fingerprint density at radius 1 is 1.20 bits per heavy atom. The molecule has 0 saturated carbocycles. The zero-order valence-corrected chi connectivity index (χ0v) is 8.72. The summed E-state index contributed by atoms with van der Waals surface area (Å²) in [6, 6.07) is 10.1. The maximum atomic E-state index is 9.80. The van der Waals surface area contributed by atoms with E-state index in [0.29, 0.717) is 0 Å². The Hall–Kier alpha value is -1.60. The largest absolute Gasteiger partial charge is 0.384 e. The van der Waals surface area contributed by atoms with Crippen molar-refractivity contribution in [3.05, 3.63) is 65.8 Å². The van der Waals surface area contributed by atoms with Crippen LogP contribution in [0.1, 0.15) is 12.5 Å². The van der Waals surface area contributed by atoms with Crippen LogP contribution < -0.4 is 0 Å². The summed E-state index contributed by atoms with van der Waals surface area (Å²) in [6.07, 6.45) is 7.22. The van der Waals surface area contributed by atoms with Crippen LogP contribution in [0.2, 0.25) is 0 Å². The number of hydrogen-bond acceptors (Lipinski definition) is 1. The van der Waals surface area contributed by atoms with Gasteiger partial charge in [-0.15, -0.1) is 0 Å². The molecule has 0 saturated heterocycles. The van der Waals surface area contributed by atoms with E-state index in [-0.39, 0.29) is 0 Å². The third kappa shape index (κ3) is 1.92. The minimum absolute atomic E-state index is 0.477. The number of aliphatic hydroxyl groups is 1. The van der Waals surface area contributed by atoms with Crippen molar-refractivity contribution in [1.82, 2.24) is 0 Å². The summed E-state index contributed by atoms with van der Waals surface area (Å²) in [5, 5.41) is 9.80. The predicted molar refractivity (Wildman–Crippen MR) is 63.3 cm³/mol. The highest BCUT2D eigenvalue weighted by Crippen LogP contribution is 2.28. The molecule has 0 heterocycles. The summed E-state index contributed by atoms with van der Waals surface area (Å²) < 4.78 is 0. The van der Waals surface area contributed by atoms with E-state index in [1.807, 2.05) is 43.4 Å². The van der Waals surface area contributed by atoms with Gasteiger partial charge >= 0.3 is 0 Å². The number of benzene rings is 1. The van der Waals surface area contributed by atoms with E-state index in [4.69, 9.17) is 0 Å². The van der Waals surface area contributed by atoms with E-state index in [1.165, 1.54) is 0 Å². The fourth-order valence-electron chi connectivity index (χ4n) is 1.82. The highest BCUT2D eigenvalue weighted by atomic mass is 16.3. The maximum Gasteiger partial charge on any atom is 0.0977 e. The van der Waals surface area contributed by atoms with Crippen molar-refractivity contribution in [1.29, 1.82) is 0 Å². The van der Waals surface area contributed by atoms with E-state index in [2.05, 4.69) is 12.1 Å². The van der Waals surface area contributed by atoms with Crippen LogP contribution in [0.4, 0.5) is 0 Å². The van der Waals surface area contributed by atoms with E-state index in [9.17, 15) is 5.11 Å². The van der Waals surface area contributed by atoms with Crippen LogP contribution in [0, 0.1) is 0 Å². The molecule has 0 aliphatic heterocycles. The molecule has 0 aromatic heterocycles. The van der Waals surface area contributed by atoms with Gasteiger partial charge in [-0.3, -0.25) is 0 Å². The average molecular weight is 198 g/mol. The molecule has 1 unspecified atom stereocenters. The zero-order valence-electron chi connectivity index (χ0n) is 8.72. The number of aliphatic hydroxyl groups excluding tert-OH is 1. The first-order chi connectivity index (χ1) is 7.33. The maximum absolute atomic E-state index is 9.80. The number of allylic oxidation sites excluding steroid dienone is 3. The normalized spacial score (nSPS) is 22.9. The number of hydrogen-bond donors (Lipinski definition) is 1. The quantitative estimate of drug-likeness (QED) is 0.735. The first kappa shape index (κ1) is 9.94. The van der Waals surface area contributed by atoms with Gasteiger partial charge in [-0.05, 0) is 23.6 Å². The summed E-state index contributed by atoms with van der Waals surface area (Å²) in [4.78, 5) is 0. The topological polar surface area (TPSA) is 20.2 Å². The Kier molecular flexibility index (Phi) is 2.84. The van der Waals surface area contributed by atoms with E-state index >= 15 is 0 Å². The molecular weight excluding hydrogens is 184 g/mol. The van der Waals surface area contributed by atoms with Crippen molar-refractivity contribution in [3.63, 3.8) is 0 Å². The molecular formula is C14H14O. The predicted octanol–water partition coefficient (Wildman–Crippen LogP) is 2.95. The molecule has 0 spiro atoms. The molecule has 0 fully saturated rings. The summed E-state index contributed by atoms with van der Waals surface area (Å²) in [7, 11) is 0. The molecule has 1 heteroatoms. The molecule has 1 N–H and O–H groups in total. The van der Waals surface area contributed by atoms with E-state index in [0.717, 1.165) is 16.7 Å². The molecule has 2 rings (SSSR count). The molecule has 1 aromatic rings. The standard InChI is InChI=1S/C14H14O/c1-2-12-13(9-6-10-14(12)15)11-7-4-3-5-8-11/h2-10,14-15H,1H3. The minimum atomic E-state index is -0.477. The molecule has 1 nitrogen and oxygen atoms in total. The second-order valence-electron chi connectivity index (χ2n) is 3.52. The molecule has 0 radical (unpaired) electrons. The molecule has 0 amide bonds. The van der Waals surface area contributed by atoms with Gasteiger partial charge in [0.25, 0.3) is 0 Å². The summed E-state index contributed by atoms with van der Waals surface area (Å²) in [6.45, 7) is 1.95. The Morgan fingerprint density at radius 2 is 1.93 bits per heavy atom. The molecule has 76 valence electrons. The Bertz CT molecular complexity index is 424. The molecule has 1 aliphatic carbocycles. The van der Waals surface area contributed by atoms with Gasteiger partial charge in [-0.2, -0.15) is 0 Å². The zero-order chi connectivity index (χ0) is 10.7. The first-order valence-electron chi connectivity index (χ1n) is 5.11. The lowest BCUT2D eigenvalue weighted by atomic mass is 9.90. The lowest BCUT2D eigenvalue weighted by Gasteiger charge is -2.18. The lowest BCUT2D eigenvalue weighted by Crippen LogP contribution is -2.10. The molecule has 0 bridgehead atoms. The van der Waals surface area contributed by atoms with Gasteiger partial charge in [0.2, 0.25) is 0 Å². The van der Waals surface area contributed by atoms with Crippen LogP contribution in [0.5, 0.6) is 0 Å². The third-order valence-corrected chi connectivity index (χ3v) is 2.58. The van der Waals surface area contributed by atoms with Crippen LogP contribution in [0.15, 0.2) is 60.2 Å². The average Bonchev–Trinajstić information content (AvgIpc) is 2.30. The van der Waals surface area contributed by atoms with Crippen LogP contribution in [-0.4, -0.2) is 11.2 Å². The molecule has 1 aliphatic rings. The number of rotatable bonds is 1. The van der Waals surface area contributed by atoms with E-state index < -0.39 is 6.10 Å². The second kappa shape index (κ2) is 4.28. The Balaban J connectivity index is 2.45. The molecule has 15 heavy (non-hydrogen) atoms. The fraction of sp³-hybridized carbons (Fsp3) is 0.143. The van der Waals surface area contributed by atoms with Crippen molar-refractivity contribution in [2.75, 3.05) is 0 Å². The van der Waals surface area contributed by atoms with Gasteiger partial charge < -0.3 is 5.11 Å². The Morgan fingerprint density at radius 3 is 2.60 bits per heavy atom. The van der Waals surface area contributed by atoms with Crippen molar-refractivity contribution in [3.8, 4) is 0 Å². The van der Waals surface area contributed by atoms with Crippen molar-refractivity contribution < 1.29 is 5.11 Å². The highest BCUT2D eigenvalue weighted by Gasteiger charge is 2.15. The molecule has 1 atom stereocenters. The van der Waals surface area contributed by atoms with Crippen molar-refractivity contribution in [2.24, 2.45) is 0 Å². The summed E-state index contributed by atoms with van der Waals surface area (Å²) in [5.41, 5.74) is 3.23. The highest BCUT2D eigenvalue weighted by molar-refractivity contribution is 5.82. The minimum Gasteiger partial charge on any atom is -0.384 e. The fourth-order valence-corrected chi connectivity index (χ4v) is 1.82. The Labute approximate surface area is 90.1 Å². The summed E-state index contributed by atoms with van der Waals surface area (Å²) in [5.74, 6) is 0. The van der Waals surface area contributed by atoms with Gasteiger partial charge in [0.1, 0.15) is 0 Å². The molecule has 1 aromatic carbocycles. The monoisotopic (exact) mass is 198 g/mol. The van der Waals surface area contributed by atoms with Crippen LogP contribution in [-0.2, 0) is 0 Å². The van der Waals surface area contributed by atoms with Gasteiger partial charge in [0, 0.05) is 0 Å². The van der Waals surface area contributed by atoms with Gasteiger partial charge in [0.15, 0.2) is 0 Å². The van der Waals surface area contributed by atoms with Crippen molar-refractivity contribution in [2.45, 2.75) is 13.0 Å². The van der Waals surface area contributed by atoms with Crippen LogP contribution >= 0.6 is 0 Å².